The van der Waals surface area contributed by atoms with Crippen LogP contribution in [0.15, 0.2) is 24.3 Å². The molecule has 1 aromatic rings. The van der Waals surface area contributed by atoms with Gasteiger partial charge < -0.3 is 15.2 Å². The van der Waals surface area contributed by atoms with E-state index in [1.54, 1.807) is 0 Å². The zero-order valence-electron chi connectivity index (χ0n) is 10.6. The minimum atomic E-state index is -4.72. The molecule has 0 aromatic heterocycles. The molecule has 110 valence electrons. The summed E-state index contributed by atoms with van der Waals surface area (Å²) in [6, 6.07) is 5.17. The molecule has 1 aromatic carbocycles. The molecule has 20 heavy (non-hydrogen) atoms. The molecule has 0 amide bonds. The lowest BCUT2D eigenvalue weighted by molar-refractivity contribution is -0.274. The van der Waals surface area contributed by atoms with Gasteiger partial charge in [0.05, 0.1) is 6.61 Å². The van der Waals surface area contributed by atoms with Gasteiger partial charge in [0.2, 0.25) is 0 Å². The molecule has 0 spiro atoms. The second-order valence-corrected chi connectivity index (χ2v) is 4.75. The van der Waals surface area contributed by atoms with Gasteiger partial charge in [-0.05, 0) is 24.1 Å². The third-order valence-corrected chi connectivity index (χ3v) is 3.13. The van der Waals surface area contributed by atoms with E-state index in [1.165, 1.54) is 24.3 Å². The van der Waals surface area contributed by atoms with Crippen LogP contribution in [0, 0.1) is 0 Å². The number of hydrogen-bond acceptors (Lipinski definition) is 4. The molecule has 0 radical (unpaired) electrons. The molecule has 1 aliphatic heterocycles. The topological polar surface area (TPSA) is 61.6 Å². The molecule has 2 rings (SSSR count). The van der Waals surface area contributed by atoms with Crippen LogP contribution >= 0.6 is 0 Å². The Morgan fingerprint density at radius 2 is 2.00 bits per heavy atom. The predicted molar refractivity (Wildman–Crippen MR) is 64.2 cm³/mol. The fraction of sp³-hybridized carbons (Fsp3) is 0.462. The Morgan fingerprint density at radius 1 is 1.35 bits per heavy atom. The minimum Gasteiger partial charge on any atom is -0.406 e. The van der Waals surface area contributed by atoms with Gasteiger partial charge in [-0.2, -0.15) is 0 Å². The number of hydrogen-bond donors (Lipinski definition) is 1. The highest BCUT2D eigenvalue weighted by Crippen LogP contribution is 2.24. The zero-order chi connectivity index (χ0) is 14.8. The summed E-state index contributed by atoms with van der Waals surface area (Å²) in [6.45, 7) is 0.627. The van der Waals surface area contributed by atoms with Crippen LogP contribution in [-0.2, 0) is 16.0 Å². The monoisotopic (exact) mass is 289 g/mol. The summed E-state index contributed by atoms with van der Waals surface area (Å²) in [4.78, 5) is 12.0. The molecule has 0 saturated carbocycles. The van der Waals surface area contributed by atoms with Crippen LogP contribution in [0.5, 0.6) is 5.75 Å². The molecule has 1 saturated heterocycles. The molecule has 4 nitrogen and oxygen atoms in total. The van der Waals surface area contributed by atoms with Crippen LogP contribution in [0.4, 0.5) is 13.2 Å². The Balaban J connectivity index is 1.98. The number of Topliss-reactive ketones (excluding diaryl/α,β-unsaturated/α-hetero) is 1. The lowest BCUT2D eigenvalue weighted by atomic mass is 9.90. The number of ketones is 1. The zero-order valence-corrected chi connectivity index (χ0v) is 10.6. The number of ether oxygens (including phenoxy) is 2. The molecule has 1 fully saturated rings. The van der Waals surface area contributed by atoms with Gasteiger partial charge in [-0.25, -0.2) is 0 Å². The molecule has 1 unspecified atom stereocenters. The largest absolute Gasteiger partial charge is 0.573 e. The van der Waals surface area contributed by atoms with Gasteiger partial charge in [-0.3, -0.25) is 4.79 Å². The molecule has 1 atom stereocenters. The van der Waals surface area contributed by atoms with Crippen molar-refractivity contribution in [3.63, 3.8) is 0 Å². The second kappa shape index (κ2) is 5.41. The van der Waals surface area contributed by atoms with Gasteiger partial charge in [-0.1, -0.05) is 12.1 Å². The summed E-state index contributed by atoms with van der Waals surface area (Å²) in [5.41, 5.74) is 5.52. The molecule has 0 aliphatic carbocycles. The fourth-order valence-corrected chi connectivity index (χ4v) is 1.97. The normalized spacial score (nSPS) is 22.8. The fourth-order valence-electron chi connectivity index (χ4n) is 1.97. The van der Waals surface area contributed by atoms with Crippen molar-refractivity contribution in [1.29, 1.82) is 0 Å². The van der Waals surface area contributed by atoms with Gasteiger partial charge in [-0.15, -0.1) is 13.2 Å². The summed E-state index contributed by atoms with van der Waals surface area (Å²) >= 11 is 0. The van der Waals surface area contributed by atoms with Crippen molar-refractivity contribution in [3.8, 4) is 5.75 Å². The molecule has 1 heterocycles. The molecule has 7 heteroatoms. The van der Waals surface area contributed by atoms with E-state index in [4.69, 9.17) is 10.5 Å². The van der Waals surface area contributed by atoms with Gasteiger partial charge in [0.25, 0.3) is 0 Å². The maximum Gasteiger partial charge on any atom is 0.573 e. The average Bonchev–Trinajstić information content (AvgIpc) is 2.78. The van der Waals surface area contributed by atoms with Gasteiger partial charge in [0.15, 0.2) is 5.78 Å². The summed E-state index contributed by atoms with van der Waals surface area (Å²) in [7, 11) is 0. The molecular weight excluding hydrogens is 275 g/mol. The van der Waals surface area contributed by atoms with E-state index in [1.807, 2.05) is 0 Å². The SMILES string of the molecule is NC1(C(=O)Cc2ccc(OC(F)(F)F)cc2)CCOC1. The highest BCUT2D eigenvalue weighted by atomic mass is 19.4. The van der Waals surface area contributed by atoms with E-state index in [2.05, 4.69) is 4.74 Å². The van der Waals surface area contributed by atoms with E-state index in [9.17, 15) is 18.0 Å². The van der Waals surface area contributed by atoms with E-state index in [0.717, 1.165) is 0 Å². The van der Waals surface area contributed by atoms with Crippen LogP contribution < -0.4 is 10.5 Å². The number of benzene rings is 1. The smallest absolute Gasteiger partial charge is 0.406 e. The molecule has 1 aliphatic rings. The molecule has 0 bridgehead atoms. The average molecular weight is 289 g/mol. The lowest BCUT2D eigenvalue weighted by Crippen LogP contribution is -2.49. The first-order chi connectivity index (χ1) is 9.28. The number of carbonyl (C=O) groups excluding carboxylic acids is 1. The van der Waals surface area contributed by atoms with Gasteiger partial charge in [0.1, 0.15) is 11.3 Å². The first-order valence-electron chi connectivity index (χ1n) is 6.03. The van der Waals surface area contributed by atoms with Crippen LogP contribution in [0.1, 0.15) is 12.0 Å². The van der Waals surface area contributed by atoms with Crippen LogP contribution in [0.2, 0.25) is 0 Å². The standard InChI is InChI=1S/C13H14F3NO3/c14-13(15,16)20-10-3-1-9(2-4-10)7-11(18)12(17)5-6-19-8-12/h1-4H,5-8,17H2. The Labute approximate surface area is 113 Å². The highest BCUT2D eigenvalue weighted by molar-refractivity contribution is 5.90. The van der Waals surface area contributed by atoms with Crippen molar-refractivity contribution in [1.82, 2.24) is 0 Å². The summed E-state index contributed by atoms with van der Waals surface area (Å²) in [5, 5.41) is 0. The van der Waals surface area contributed by atoms with Crippen molar-refractivity contribution in [2.45, 2.75) is 24.7 Å². The number of rotatable bonds is 4. The maximum atomic E-state index is 12.0. The van der Waals surface area contributed by atoms with E-state index in [0.29, 0.717) is 18.6 Å². The van der Waals surface area contributed by atoms with Crippen molar-refractivity contribution in [2.24, 2.45) is 5.73 Å². The highest BCUT2D eigenvalue weighted by Gasteiger charge is 2.37. The minimum absolute atomic E-state index is 0.0617. The Kier molecular flexibility index (Phi) is 4.01. The van der Waals surface area contributed by atoms with Gasteiger partial charge in [0, 0.05) is 13.0 Å². The first-order valence-corrected chi connectivity index (χ1v) is 6.03. The third kappa shape index (κ3) is 3.71. The quantitative estimate of drug-likeness (QED) is 0.918. The number of halogens is 3. The van der Waals surface area contributed by atoms with Crippen molar-refractivity contribution < 1.29 is 27.4 Å². The number of nitrogens with two attached hydrogens (primary N) is 1. The van der Waals surface area contributed by atoms with E-state index < -0.39 is 11.9 Å². The van der Waals surface area contributed by atoms with Gasteiger partial charge >= 0.3 is 6.36 Å². The van der Waals surface area contributed by atoms with Crippen molar-refractivity contribution in [2.75, 3.05) is 13.2 Å². The van der Waals surface area contributed by atoms with E-state index in [-0.39, 0.29) is 24.6 Å². The molecular formula is C13H14F3NO3. The number of alkyl halides is 3. The van der Waals surface area contributed by atoms with Crippen molar-refractivity contribution >= 4 is 5.78 Å². The number of carbonyl (C=O) groups is 1. The third-order valence-electron chi connectivity index (χ3n) is 3.13. The Hall–Kier alpha value is -1.60. The maximum absolute atomic E-state index is 12.0. The predicted octanol–water partition coefficient (Wildman–Crippen LogP) is 1.81. The van der Waals surface area contributed by atoms with Crippen LogP contribution in [-0.4, -0.2) is 30.9 Å². The lowest BCUT2D eigenvalue weighted by Gasteiger charge is -2.19. The van der Waals surface area contributed by atoms with E-state index >= 15 is 0 Å². The Morgan fingerprint density at radius 3 is 2.50 bits per heavy atom. The van der Waals surface area contributed by atoms with Crippen LogP contribution in [0.3, 0.4) is 0 Å². The second-order valence-electron chi connectivity index (χ2n) is 4.75. The van der Waals surface area contributed by atoms with Crippen molar-refractivity contribution in [3.05, 3.63) is 29.8 Å². The molecule has 2 N–H and O–H groups in total. The first kappa shape index (κ1) is 14.8. The summed E-state index contributed by atoms with van der Waals surface area (Å²) in [5.74, 6) is -0.500. The summed E-state index contributed by atoms with van der Waals surface area (Å²) < 4.78 is 44.9. The Bertz CT molecular complexity index is 479. The van der Waals surface area contributed by atoms with Crippen LogP contribution in [0.25, 0.3) is 0 Å². The summed E-state index contributed by atoms with van der Waals surface area (Å²) in [6.07, 6.45) is -4.20.